The SMILES string of the molecule is CCC(C=O)=Cc1ccc(Cl)cc1. The van der Waals surface area contributed by atoms with Crippen LogP contribution in [0.2, 0.25) is 5.02 Å². The van der Waals surface area contributed by atoms with Gasteiger partial charge in [0.2, 0.25) is 0 Å². The molecule has 68 valence electrons. The van der Waals surface area contributed by atoms with Gasteiger partial charge in [-0.2, -0.15) is 0 Å². The van der Waals surface area contributed by atoms with E-state index in [1.165, 1.54) is 0 Å². The van der Waals surface area contributed by atoms with E-state index in [1.807, 2.05) is 37.3 Å². The van der Waals surface area contributed by atoms with Crippen molar-refractivity contribution < 1.29 is 4.79 Å². The van der Waals surface area contributed by atoms with E-state index in [4.69, 9.17) is 11.6 Å². The molecular formula is C11H11ClO. The predicted molar refractivity (Wildman–Crippen MR) is 55.8 cm³/mol. The monoisotopic (exact) mass is 194 g/mol. The lowest BCUT2D eigenvalue weighted by atomic mass is 10.1. The van der Waals surface area contributed by atoms with Gasteiger partial charge in [0, 0.05) is 5.02 Å². The highest BCUT2D eigenvalue weighted by atomic mass is 35.5. The van der Waals surface area contributed by atoms with Crippen molar-refractivity contribution in [2.75, 3.05) is 0 Å². The van der Waals surface area contributed by atoms with Crippen molar-refractivity contribution in [2.24, 2.45) is 0 Å². The zero-order chi connectivity index (χ0) is 9.68. The largest absolute Gasteiger partial charge is 0.298 e. The van der Waals surface area contributed by atoms with Gasteiger partial charge in [-0.15, -0.1) is 0 Å². The van der Waals surface area contributed by atoms with Crippen LogP contribution >= 0.6 is 11.6 Å². The summed E-state index contributed by atoms with van der Waals surface area (Å²) in [6, 6.07) is 7.40. The maximum Gasteiger partial charge on any atom is 0.146 e. The minimum Gasteiger partial charge on any atom is -0.298 e. The predicted octanol–water partition coefficient (Wildman–Crippen LogP) is 3.33. The molecule has 0 saturated heterocycles. The molecule has 0 heterocycles. The van der Waals surface area contributed by atoms with Crippen LogP contribution in [0.3, 0.4) is 0 Å². The molecule has 0 amide bonds. The maximum absolute atomic E-state index is 10.5. The van der Waals surface area contributed by atoms with Crippen molar-refractivity contribution >= 4 is 24.0 Å². The van der Waals surface area contributed by atoms with E-state index < -0.39 is 0 Å². The van der Waals surface area contributed by atoms with Crippen molar-refractivity contribution in [3.05, 3.63) is 40.4 Å². The lowest BCUT2D eigenvalue weighted by Crippen LogP contribution is -1.81. The summed E-state index contributed by atoms with van der Waals surface area (Å²) in [5.74, 6) is 0. The third-order valence-corrected chi connectivity index (χ3v) is 2.03. The van der Waals surface area contributed by atoms with Crippen LogP contribution in [0.25, 0.3) is 6.08 Å². The van der Waals surface area contributed by atoms with E-state index in [-0.39, 0.29) is 0 Å². The Labute approximate surface area is 83.0 Å². The Bertz CT molecular complexity index is 311. The van der Waals surface area contributed by atoms with Gasteiger partial charge in [0.1, 0.15) is 6.29 Å². The van der Waals surface area contributed by atoms with Crippen molar-refractivity contribution in [1.29, 1.82) is 0 Å². The van der Waals surface area contributed by atoms with Crippen LogP contribution in [0.1, 0.15) is 18.9 Å². The van der Waals surface area contributed by atoms with Crippen LogP contribution < -0.4 is 0 Å². The zero-order valence-corrected chi connectivity index (χ0v) is 8.21. The molecule has 0 aliphatic heterocycles. The maximum atomic E-state index is 10.5. The van der Waals surface area contributed by atoms with Crippen LogP contribution in [0.5, 0.6) is 0 Å². The first-order valence-electron chi connectivity index (χ1n) is 4.17. The van der Waals surface area contributed by atoms with Crippen molar-refractivity contribution in [3.63, 3.8) is 0 Å². The van der Waals surface area contributed by atoms with Gasteiger partial charge in [-0.1, -0.05) is 30.7 Å². The molecule has 1 aromatic rings. The smallest absolute Gasteiger partial charge is 0.146 e. The summed E-state index contributed by atoms with van der Waals surface area (Å²) in [5.41, 5.74) is 1.80. The van der Waals surface area contributed by atoms with E-state index in [0.29, 0.717) is 5.02 Å². The molecular weight excluding hydrogens is 184 g/mol. The second kappa shape index (κ2) is 4.83. The van der Waals surface area contributed by atoms with Crippen LogP contribution in [0.15, 0.2) is 29.8 Å². The lowest BCUT2D eigenvalue weighted by Gasteiger charge is -1.96. The molecule has 0 aliphatic carbocycles. The Morgan fingerprint density at radius 3 is 2.46 bits per heavy atom. The number of aldehydes is 1. The summed E-state index contributed by atoms with van der Waals surface area (Å²) in [5, 5.41) is 0.710. The van der Waals surface area contributed by atoms with Crippen molar-refractivity contribution in [2.45, 2.75) is 13.3 Å². The fourth-order valence-electron chi connectivity index (χ4n) is 0.992. The van der Waals surface area contributed by atoms with Gasteiger partial charge in [-0.05, 0) is 35.8 Å². The summed E-state index contributed by atoms with van der Waals surface area (Å²) >= 11 is 5.73. The molecule has 0 fully saturated rings. The quantitative estimate of drug-likeness (QED) is 0.533. The molecule has 0 N–H and O–H groups in total. The molecule has 1 nitrogen and oxygen atoms in total. The topological polar surface area (TPSA) is 17.1 Å². The van der Waals surface area contributed by atoms with Gasteiger partial charge in [-0.3, -0.25) is 4.79 Å². The van der Waals surface area contributed by atoms with Crippen molar-refractivity contribution in [1.82, 2.24) is 0 Å². The first-order valence-corrected chi connectivity index (χ1v) is 4.55. The standard InChI is InChI=1S/C11H11ClO/c1-2-9(8-13)7-10-3-5-11(12)6-4-10/h3-8H,2H2,1H3. The minimum absolute atomic E-state index is 0.710. The van der Waals surface area contributed by atoms with E-state index in [2.05, 4.69) is 0 Å². The Balaban J connectivity index is 2.90. The summed E-state index contributed by atoms with van der Waals surface area (Å²) in [6.07, 6.45) is 3.50. The third kappa shape index (κ3) is 3.03. The molecule has 0 bridgehead atoms. The van der Waals surface area contributed by atoms with Crippen LogP contribution in [0.4, 0.5) is 0 Å². The molecule has 0 atom stereocenters. The lowest BCUT2D eigenvalue weighted by molar-refractivity contribution is -0.104. The zero-order valence-electron chi connectivity index (χ0n) is 7.46. The van der Waals surface area contributed by atoms with Gasteiger partial charge < -0.3 is 0 Å². The molecule has 0 saturated carbocycles. The normalized spacial score (nSPS) is 11.4. The van der Waals surface area contributed by atoms with Crippen molar-refractivity contribution in [3.8, 4) is 0 Å². The number of hydrogen-bond acceptors (Lipinski definition) is 1. The Kier molecular flexibility index (Phi) is 3.71. The van der Waals surface area contributed by atoms with E-state index in [1.54, 1.807) is 0 Å². The minimum atomic E-state index is 0.710. The fourth-order valence-corrected chi connectivity index (χ4v) is 1.12. The van der Waals surface area contributed by atoms with Gasteiger partial charge in [-0.25, -0.2) is 0 Å². The summed E-state index contributed by atoms with van der Waals surface area (Å²) in [7, 11) is 0. The number of allylic oxidation sites excluding steroid dienone is 1. The summed E-state index contributed by atoms with van der Waals surface area (Å²) in [6.45, 7) is 1.95. The van der Waals surface area contributed by atoms with E-state index in [9.17, 15) is 4.79 Å². The fraction of sp³-hybridized carbons (Fsp3) is 0.182. The number of benzene rings is 1. The third-order valence-electron chi connectivity index (χ3n) is 1.78. The Hall–Kier alpha value is -1.08. The van der Waals surface area contributed by atoms with E-state index in [0.717, 1.165) is 23.8 Å². The average Bonchev–Trinajstić information content (AvgIpc) is 2.17. The highest BCUT2D eigenvalue weighted by Crippen LogP contribution is 2.12. The number of carbonyl (C=O) groups is 1. The second-order valence-corrected chi connectivity index (χ2v) is 3.18. The van der Waals surface area contributed by atoms with E-state index >= 15 is 0 Å². The Morgan fingerprint density at radius 1 is 1.38 bits per heavy atom. The molecule has 0 aromatic heterocycles. The number of hydrogen-bond donors (Lipinski definition) is 0. The molecule has 0 aliphatic rings. The molecule has 0 radical (unpaired) electrons. The van der Waals surface area contributed by atoms with Crippen LogP contribution in [-0.4, -0.2) is 6.29 Å². The highest BCUT2D eigenvalue weighted by molar-refractivity contribution is 6.30. The summed E-state index contributed by atoms with van der Waals surface area (Å²) in [4.78, 5) is 10.5. The van der Waals surface area contributed by atoms with Crippen LogP contribution in [0, 0.1) is 0 Å². The summed E-state index contributed by atoms with van der Waals surface area (Å²) < 4.78 is 0. The second-order valence-electron chi connectivity index (χ2n) is 2.74. The van der Waals surface area contributed by atoms with Gasteiger partial charge in [0.25, 0.3) is 0 Å². The molecule has 0 spiro atoms. The molecule has 1 rings (SSSR count). The Morgan fingerprint density at radius 2 is 2.00 bits per heavy atom. The molecule has 2 heteroatoms. The number of carbonyl (C=O) groups excluding carboxylic acids is 1. The highest BCUT2D eigenvalue weighted by Gasteiger charge is 1.92. The van der Waals surface area contributed by atoms with Gasteiger partial charge in [0.15, 0.2) is 0 Å². The molecule has 1 aromatic carbocycles. The molecule has 13 heavy (non-hydrogen) atoms. The van der Waals surface area contributed by atoms with Gasteiger partial charge >= 0.3 is 0 Å². The molecule has 0 unspecified atom stereocenters. The van der Waals surface area contributed by atoms with Crippen LogP contribution in [-0.2, 0) is 4.79 Å². The number of halogens is 1. The van der Waals surface area contributed by atoms with Gasteiger partial charge in [0.05, 0.1) is 0 Å². The number of rotatable bonds is 3. The first-order chi connectivity index (χ1) is 6.26. The first kappa shape index (κ1) is 10.0. The average molecular weight is 195 g/mol.